The molecule has 0 aliphatic heterocycles. The smallest absolute Gasteiger partial charge is 0.0648 e. The highest BCUT2D eigenvalue weighted by Gasteiger charge is 2.11. The van der Waals surface area contributed by atoms with E-state index in [1.54, 1.807) is 0 Å². The van der Waals surface area contributed by atoms with E-state index in [4.69, 9.17) is 5.11 Å². The molecule has 0 aliphatic carbocycles. The van der Waals surface area contributed by atoms with E-state index in [0.29, 0.717) is 0 Å². The summed E-state index contributed by atoms with van der Waals surface area (Å²) in [6, 6.07) is 10.1. The summed E-state index contributed by atoms with van der Waals surface area (Å²) in [6.45, 7) is 4.34. The third-order valence-corrected chi connectivity index (χ3v) is 3.03. The number of nitrogens with zero attached hydrogens (tertiary/aromatic N) is 2. The summed E-state index contributed by atoms with van der Waals surface area (Å²) in [5.41, 5.74) is 4.56. The van der Waals surface area contributed by atoms with Crippen LogP contribution in [0.1, 0.15) is 23.4 Å². The first kappa shape index (κ1) is 11.9. The van der Waals surface area contributed by atoms with Crippen LogP contribution in [0.2, 0.25) is 0 Å². The number of hydrogen-bond donors (Lipinski definition) is 1. The Balaban J connectivity index is 2.37. The lowest BCUT2D eigenvalue weighted by Gasteiger charge is -2.04. The van der Waals surface area contributed by atoms with Crippen molar-refractivity contribution in [3.63, 3.8) is 0 Å². The molecule has 0 bridgehead atoms. The highest BCUT2D eigenvalue weighted by Crippen LogP contribution is 2.18. The molecule has 0 atom stereocenters. The molecule has 1 heterocycles. The van der Waals surface area contributed by atoms with Crippen molar-refractivity contribution in [3.8, 4) is 5.69 Å². The van der Waals surface area contributed by atoms with Crippen molar-refractivity contribution >= 4 is 0 Å². The number of hydrogen-bond acceptors (Lipinski definition) is 2. The van der Waals surface area contributed by atoms with Crippen LogP contribution >= 0.6 is 0 Å². The summed E-state index contributed by atoms with van der Waals surface area (Å²) in [5, 5.41) is 13.5. The van der Waals surface area contributed by atoms with E-state index in [9.17, 15) is 0 Å². The van der Waals surface area contributed by atoms with Crippen molar-refractivity contribution in [2.24, 2.45) is 0 Å². The molecular weight excluding hydrogens is 212 g/mol. The summed E-state index contributed by atoms with van der Waals surface area (Å²) in [6.07, 6.45) is 1.68. The normalized spacial score (nSPS) is 10.8. The molecule has 1 N–H and O–H groups in total. The highest BCUT2D eigenvalue weighted by atomic mass is 16.2. The lowest BCUT2D eigenvalue weighted by atomic mass is 10.1. The molecule has 1 aromatic carbocycles. The predicted molar refractivity (Wildman–Crippen MR) is 68.4 cm³/mol. The summed E-state index contributed by atoms with van der Waals surface area (Å²) in [4.78, 5) is 0. The molecule has 0 spiro atoms. The molecule has 90 valence electrons. The molecule has 0 radical (unpaired) electrons. The molecule has 0 unspecified atom stereocenters. The molecule has 1 aromatic heterocycles. The fourth-order valence-corrected chi connectivity index (χ4v) is 2.11. The molecular formula is C14H18N2O. The fourth-order valence-electron chi connectivity index (χ4n) is 2.11. The van der Waals surface area contributed by atoms with Crippen molar-refractivity contribution in [3.05, 3.63) is 47.3 Å². The van der Waals surface area contributed by atoms with Crippen molar-refractivity contribution in [2.75, 3.05) is 6.61 Å². The van der Waals surface area contributed by atoms with Crippen LogP contribution in [0.15, 0.2) is 30.3 Å². The third kappa shape index (κ3) is 2.39. The van der Waals surface area contributed by atoms with Crippen molar-refractivity contribution < 1.29 is 5.11 Å². The number of aliphatic hydroxyl groups is 1. The lowest BCUT2D eigenvalue weighted by molar-refractivity contribution is 0.288. The van der Waals surface area contributed by atoms with E-state index in [2.05, 4.69) is 24.2 Å². The quantitative estimate of drug-likeness (QED) is 0.876. The SMILES string of the molecule is Cc1nn(-c2ccccc2)c(C)c1CCCO. The van der Waals surface area contributed by atoms with E-state index in [1.807, 2.05) is 29.8 Å². The Hall–Kier alpha value is -1.61. The summed E-state index contributed by atoms with van der Waals surface area (Å²) >= 11 is 0. The number of aromatic nitrogens is 2. The Morgan fingerprint density at radius 2 is 1.88 bits per heavy atom. The molecule has 0 aliphatic rings. The van der Waals surface area contributed by atoms with E-state index >= 15 is 0 Å². The van der Waals surface area contributed by atoms with E-state index < -0.39 is 0 Å². The van der Waals surface area contributed by atoms with Gasteiger partial charge in [-0.3, -0.25) is 0 Å². The minimum atomic E-state index is 0.232. The fraction of sp³-hybridized carbons (Fsp3) is 0.357. The van der Waals surface area contributed by atoms with Crippen LogP contribution in [0.25, 0.3) is 5.69 Å². The Labute approximate surface area is 102 Å². The zero-order valence-electron chi connectivity index (χ0n) is 10.3. The van der Waals surface area contributed by atoms with Crippen molar-refractivity contribution in [1.29, 1.82) is 0 Å². The van der Waals surface area contributed by atoms with Gasteiger partial charge in [0.25, 0.3) is 0 Å². The molecule has 3 nitrogen and oxygen atoms in total. The summed E-state index contributed by atoms with van der Waals surface area (Å²) in [7, 11) is 0. The Morgan fingerprint density at radius 3 is 2.53 bits per heavy atom. The molecule has 2 aromatic rings. The number of para-hydroxylation sites is 1. The van der Waals surface area contributed by atoms with Gasteiger partial charge in [-0.2, -0.15) is 5.10 Å². The van der Waals surface area contributed by atoms with Gasteiger partial charge in [0.15, 0.2) is 0 Å². The third-order valence-electron chi connectivity index (χ3n) is 3.03. The van der Waals surface area contributed by atoms with Crippen LogP contribution in [0.5, 0.6) is 0 Å². The highest BCUT2D eigenvalue weighted by molar-refractivity contribution is 5.36. The van der Waals surface area contributed by atoms with Crippen LogP contribution in [0, 0.1) is 13.8 Å². The first-order valence-corrected chi connectivity index (χ1v) is 5.95. The van der Waals surface area contributed by atoms with E-state index in [-0.39, 0.29) is 6.61 Å². The number of aryl methyl sites for hydroxylation is 1. The minimum absolute atomic E-state index is 0.232. The van der Waals surface area contributed by atoms with Crippen LogP contribution in [-0.4, -0.2) is 21.5 Å². The van der Waals surface area contributed by atoms with Gasteiger partial charge in [-0.1, -0.05) is 18.2 Å². The largest absolute Gasteiger partial charge is 0.396 e. The van der Waals surface area contributed by atoms with Crippen LogP contribution in [0.4, 0.5) is 0 Å². The maximum absolute atomic E-state index is 8.91. The Bertz CT molecular complexity index is 488. The molecule has 3 heteroatoms. The minimum Gasteiger partial charge on any atom is -0.396 e. The van der Waals surface area contributed by atoms with E-state index in [0.717, 1.165) is 24.2 Å². The first-order chi connectivity index (χ1) is 8.24. The standard InChI is InChI=1S/C14H18N2O/c1-11-14(9-6-10-17)12(2)16(15-11)13-7-4-3-5-8-13/h3-5,7-8,17H,6,9-10H2,1-2H3. The molecule has 17 heavy (non-hydrogen) atoms. The monoisotopic (exact) mass is 230 g/mol. The van der Waals surface area contributed by atoms with Crippen molar-refractivity contribution in [2.45, 2.75) is 26.7 Å². The summed E-state index contributed by atoms with van der Waals surface area (Å²) in [5.74, 6) is 0. The van der Waals surface area contributed by atoms with Gasteiger partial charge in [0.2, 0.25) is 0 Å². The average Bonchev–Trinajstić information content (AvgIpc) is 2.64. The second-order valence-electron chi connectivity index (χ2n) is 4.22. The number of benzene rings is 1. The van der Waals surface area contributed by atoms with Gasteiger partial charge in [0, 0.05) is 12.3 Å². The van der Waals surface area contributed by atoms with Crippen LogP contribution in [-0.2, 0) is 6.42 Å². The predicted octanol–water partition coefficient (Wildman–Crippen LogP) is 2.41. The average molecular weight is 230 g/mol. The molecule has 0 saturated heterocycles. The number of aliphatic hydroxyl groups excluding tert-OH is 1. The first-order valence-electron chi connectivity index (χ1n) is 5.95. The van der Waals surface area contributed by atoms with Gasteiger partial charge in [0.1, 0.15) is 0 Å². The lowest BCUT2D eigenvalue weighted by Crippen LogP contribution is -1.99. The molecule has 2 rings (SSSR count). The zero-order chi connectivity index (χ0) is 12.3. The molecule has 0 amide bonds. The van der Waals surface area contributed by atoms with Gasteiger partial charge in [-0.25, -0.2) is 4.68 Å². The topological polar surface area (TPSA) is 38.0 Å². The molecule has 0 fully saturated rings. The Morgan fingerprint density at radius 1 is 1.18 bits per heavy atom. The second kappa shape index (κ2) is 5.15. The van der Waals surface area contributed by atoms with E-state index in [1.165, 1.54) is 11.3 Å². The molecule has 0 saturated carbocycles. The number of rotatable bonds is 4. The zero-order valence-corrected chi connectivity index (χ0v) is 10.3. The van der Waals surface area contributed by atoms with Gasteiger partial charge < -0.3 is 5.11 Å². The Kier molecular flexibility index (Phi) is 3.59. The second-order valence-corrected chi connectivity index (χ2v) is 4.22. The van der Waals surface area contributed by atoms with Crippen LogP contribution in [0.3, 0.4) is 0 Å². The van der Waals surface area contributed by atoms with Crippen molar-refractivity contribution in [1.82, 2.24) is 9.78 Å². The maximum Gasteiger partial charge on any atom is 0.0648 e. The summed E-state index contributed by atoms with van der Waals surface area (Å²) < 4.78 is 1.97. The maximum atomic E-state index is 8.91. The van der Waals surface area contributed by atoms with Crippen LogP contribution < -0.4 is 0 Å². The van der Waals surface area contributed by atoms with Gasteiger partial charge >= 0.3 is 0 Å². The van der Waals surface area contributed by atoms with Gasteiger partial charge in [0.05, 0.1) is 11.4 Å². The van der Waals surface area contributed by atoms with Gasteiger partial charge in [-0.05, 0) is 44.4 Å². The van der Waals surface area contributed by atoms with Gasteiger partial charge in [-0.15, -0.1) is 0 Å².